The smallest absolute Gasteiger partial charge is 0.295 e. The molecule has 1 N–H and O–H groups in total. The Morgan fingerprint density at radius 2 is 2.05 bits per heavy atom. The van der Waals surface area contributed by atoms with Gasteiger partial charge in [0.2, 0.25) is 0 Å². The zero-order valence-corrected chi connectivity index (χ0v) is 12.8. The number of amidine groups is 1. The summed E-state index contributed by atoms with van der Waals surface area (Å²) < 4.78 is 3.49. The van der Waals surface area contributed by atoms with Gasteiger partial charge in [-0.2, -0.15) is 0 Å². The van der Waals surface area contributed by atoms with E-state index < -0.39 is 0 Å². The van der Waals surface area contributed by atoms with Gasteiger partial charge in [-0.15, -0.1) is 0 Å². The van der Waals surface area contributed by atoms with Crippen molar-refractivity contribution < 1.29 is 0 Å². The molecule has 0 aliphatic carbocycles. The molecule has 1 aliphatic rings. The van der Waals surface area contributed by atoms with Gasteiger partial charge in [0.1, 0.15) is 5.69 Å². The van der Waals surface area contributed by atoms with Crippen molar-refractivity contribution in [2.24, 2.45) is 12.0 Å². The predicted molar refractivity (Wildman–Crippen MR) is 88.4 cm³/mol. The molecule has 0 saturated carbocycles. The molecule has 0 saturated heterocycles. The zero-order valence-electron chi connectivity index (χ0n) is 12.0. The van der Waals surface area contributed by atoms with Crippen LogP contribution in [0.3, 0.4) is 0 Å². The van der Waals surface area contributed by atoms with E-state index in [9.17, 15) is 4.79 Å². The minimum absolute atomic E-state index is 0.0815. The van der Waals surface area contributed by atoms with Crippen LogP contribution in [-0.4, -0.2) is 21.1 Å². The van der Waals surface area contributed by atoms with Gasteiger partial charge in [0.25, 0.3) is 5.56 Å². The Kier molecular flexibility index (Phi) is 3.47. The fourth-order valence-corrected chi connectivity index (χ4v) is 2.93. The lowest BCUT2D eigenvalue weighted by Gasteiger charge is -2.07. The number of hydrogen-bond donors (Lipinski definition) is 1. The quantitative estimate of drug-likeness (QED) is 0.927. The molecular weight excluding hydrogens is 284 g/mol. The molecule has 6 heteroatoms. The number of rotatable bonds is 2. The molecule has 0 fully saturated rings. The van der Waals surface area contributed by atoms with Gasteiger partial charge in [-0.1, -0.05) is 36.5 Å². The van der Waals surface area contributed by atoms with Crippen molar-refractivity contribution in [2.75, 3.05) is 11.9 Å². The fourth-order valence-electron chi connectivity index (χ4n) is 2.25. The highest BCUT2D eigenvalue weighted by Gasteiger charge is 2.19. The lowest BCUT2D eigenvalue weighted by Crippen LogP contribution is -2.21. The van der Waals surface area contributed by atoms with Crippen molar-refractivity contribution in [1.29, 1.82) is 0 Å². The first kappa shape index (κ1) is 13.8. The van der Waals surface area contributed by atoms with Crippen LogP contribution in [0.2, 0.25) is 0 Å². The molecule has 0 unspecified atom stereocenters. The number of hydrogen-bond acceptors (Lipinski definition) is 4. The summed E-state index contributed by atoms with van der Waals surface area (Å²) in [5.74, 6) is 0. The van der Waals surface area contributed by atoms with E-state index in [1.54, 1.807) is 4.68 Å². The van der Waals surface area contributed by atoms with E-state index in [1.165, 1.54) is 11.8 Å². The van der Waals surface area contributed by atoms with Gasteiger partial charge >= 0.3 is 0 Å². The normalized spacial score (nSPS) is 14.4. The van der Waals surface area contributed by atoms with Crippen molar-refractivity contribution in [3.63, 3.8) is 0 Å². The van der Waals surface area contributed by atoms with Crippen LogP contribution >= 0.6 is 11.8 Å². The van der Waals surface area contributed by atoms with Crippen LogP contribution in [0.4, 0.5) is 5.69 Å². The highest BCUT2D eigenvalue weighted by molar-refractivity contribution is 8.17. The maximum Gasteiger partial charge on any atom is 0.295 e. The number of nitrogens with zero attached hydrogens (tertiary/aromatic N) is 3. The standard InChI is InChI=1S/C15H16N4OS/c1-10-9-16-15(21-10)17-13-11(2)18(3)19(14(13)20)12-7-5-4-6-8-12/h4-8H,1,9H2,2-3H3,(H,16,17). The molecule has 1 aliphatic heterocycles. The third kappa shape index (κ3) is 2.42. The molecule has 1 aromatic heterocycles. The number of benzene rings is 1. The minimum atomic E-state index is -0.0815. The fraction of sp³-hybridized carbons (Fsp3) is 0.200. The van der Waals surface area contributed by atoms with Gasteiger partial charge in [-0.3, -0.25) is 14.5 Å². The molecule has 2 heterocycles. The third-order valence-corrected chi connectivity index (χ3v) is 4.27. The Bertz CT molecular complexity index is 786. The third-order valence-electron chi connectivity index (χ3n) is 3.43. The lowest BCUT2D eigenvalue weighted by atomic mass is 10.3. The van der Waals surface area contributed by atoms with E-state index in [1.807, 2.05) is 49.0 Å². The first-order valence-corrected chi connectivity index (χ1v) is 7.40. The maximum atomic E-state index is 12.7. The van der Waals surface area contributed by atoms with Crippen LogP contribution in [0.5, 0.6) is 0 Å². The Hall–Kier alpha value is -2.21. The van der Waals surface area contributed by atoms with Crippen LogP contribution in [0.15, 0.2) is 51.6 Å². The van der Waals surface area contributed by atoms with Gasteiger partial charge in [0, 0.05) is 12.0 Å². The summed E-state index contributed by atoms with van der Waals surface area (Å²) in [6.07, 6.45) is 0. The van der Waals surface area contributed by atoms with Gasteiger partial charge < -0.3 is 5.32 Å². The van der Waals surface area contributed by atoms with Crippen molar-refractivity contribution in [3.05, 3.63) is 57.9 Å². The topological polar surface area (TPSA) is 51.3 Å². The van der Waals surface area contributed by atoms with Crippen LogP contribution in [0.1, 0.15) is 5.69 Å². The number of nitrogens with one attached hydrogen (secondary N) is 1. The number of aliphatic imine (C=N–C) groups is 1. The molecule has 5 nitrogen and oxygen atoms in total. The largest absolute Gasteiger partial charge is 0.329 e. The monoisotopic (exact) mass is 300 g/mol. The van der Waals surface area contributed by atoms with E-state index in [0.29, 0.717) is 12.2 Å². The van der Waals surface area contributed by atoms with Crippen molar-refractivity contribution in [2.45, 2.75) is 6.92 Å². The summed E-state index contributed by atoms with van der Waals surface area (Å²) >= 11 is 1.48. The Morgan fingerprint density at radius 3 is 2.67 bits per heavy atom. The van der Waals surface area contributed by atoms with Gasteiger partial charge in [0.05, 0.1) is 17.9 Å². The molecule has 0 amide bonds. The number of thioether (sulfide) groups is 1. The molecule has 1 aromatic carbocycles. The first-order valence-electron chi connectivity index (χ1n) is 6.59. The van der Waals surface area contributed by atoms with E-state index in [0.717, 1.165) is 21.5 Å². The van der Waals surface area contributed by atoms with Crippen LogP contribution in [-0.2, 0) is 7.05 Å². The Labute approximate surface area is 127 Å². The summed E-state index contributed by atoms with van der Waals surface area (Å²) in [5, 5.41) is 3.86. The van der Waals surface area contributed by atoms with Crippen LogP contribution < -0.4 is 10.9 Å². The highest BCUT2D eigenvalue weighted by atomic mass is 32.2. The van der Waals surface area contributed by atoms with E-state index in [-0.39, 0.29) is 5.56 Å². The molecular formula is C15H16N4OS. The molecule has 21 heavy (non-hydrogen) atoms. The SMILES string of the molecule is C=C1CN=C(Nc2c(C)n(C)n(-c3ccccc3)c2=O)S1. The van der Waals surface area contributed by atoms with E-state index in [2.05, 4.69) is 16.9 Å². The number of para-hydroxylation sites is 1. The predicted octanol–water partition coefficient (Wildman–Crippen LogP) is 2.51. The molecule has 0 spiro atoms. The van der Waals surface area contributed by atoms with Crippen molar-refractivity contribution >= 4 is 22.6 Å². The van der Waals surface area contributed by atoms with Gasteiger partial charge in [0.15, 0.2) is 5.17 Å². The van der Waals surface area contributed by atoms with E-state index >= 15 is 0 Å². The first-order chi connectivity index (χ1) is 10.1. The molecule has 3 rings (SSSR count). The Balaban J connectivity index is 2.04. The summed E-state index contributed by atoms with van der Waals surface area (Å²) in [7, 11) is 1.87. The number of aromatic nitrogens is 2. The van der Waals surface area contributed by atoms with E-state index in [4.69, 9.17) is 0 Å². The summed E-state index contributed by atoms with van der Waals surface area (Å²) in [6, 6.07) is 9.58. The lowest BCUT2D eigenvalue weighted by molar-refractivity contribution is 0.630. The summed E-state index contributed by atoms with van der Waals surface area (Å²) in [4.78, 5) is 18.0. The second kappa shape index (κ2) is 5.29. The summed E-state index contributed by atoms with van der Waals surface area (Å²) in [6.45, 7) is 6.40. The van der Waals surface area contributed by atoms with Crippen molar-refractivity contribution in [3.8, 4) is 5.69 Å². The molecule has 108 valence electrons. The second-order valence-electron chi connectivity index (χ2n) is 4.82. The second-order valence-corrected chi connectivity index (χ2v) is 5.99. The van der Waals surface area contributed by atoms with Gasteiger partial charge in [-0.25, -0.2) is 4.68 Å². The summed E-state index contributed by atoms with van der Waals surface area (Å²) in [5.41, 5.74) is 2.18. The van der Waals surface area contributed by atoms with Gasteiger partial charge in [-0.05, 0) is 19.1 Å². The van der Waals surface area contributed by atoms with Crippen LogP contribution in [0.25, 0.3) is 5.69 Å². The van der Waals surface area contributed by atoms with Crippen LogP contribution in [0, 0.1) is 6.92 Å². The molecule has 0 bridgehead atoms. The zero-order chi connectivity index (χ0) is 15.0. The average Bonchev–Trinajstić information content (AvgIpc) is 2.98. The minimum Gasteiger partial charge on any atom is -0.329 e. The highest BCUT2D eigenvalue weighted by Crippen LogP contribution is 2.24. The van der Waals surface area contributed by atoms with Crippen molar-refractivity contribution in [1.82, 2.24) is 9.36 Å². The molecule has 0 atom stereocenters. The average molecular weight is 300 g/mol. The molecule has 0 radical (unpaired) electrons. The molecule has 2 aromatic rings. The number of anilines is 1. The Morgan fingerprint density at radius 1 is 1.33 bits per heavy atom. The maximum absolute atomic E-state index is 12.7.